The molecule has 2 atom stereocenters. The highest BCUT2D eigenvalue weighted by Crippen LogP contribution is 2.24. The number of aromatic nitrogens is 1. The summed E-state index contributed by atoms with van der Waals surface area (Å²) in [6, 6.07) is 14.4. The molecule has 0 aliphatic carbocycles. The first-order valence-electron chi connectivity index (χ1n) is 8.06. The van der Waals surface area contributed by atoms with Crippen molar-refractivity contribution in [2.75, 3.05) is 6.61 Å². The summed E-state index contributed by atoms with van der Waals surface area (Å²) in [4.78, 5) is 4.16. The second kappa shape index (κ2) is 8.06. The Morgan fingerprint density at radius 1 is 1.00 bits per heavy atom. The third kappa shape index (κ3) is 4.65. The van der Waals surface area contributed by atoms with Crippen molar-refractivity contribution in [2.24, 2.45) is 0 Å². The third-order valence-electron chi connectivity index (χ3n) is 4.08. The molecule has 116 valence electrons. The first-order chi connectivity index (χ1) is 10.9. The Morgan fingerprint density at radius 2 is 1.82 bits per heavy atom. The number of hydrogen-bond acceptors (Lipinski definition) is 3. The smallest absolute Gasteiger partial charge is 0.0716 e. The largest absolute Gasteiger partial charge is 0.377 e. The molecule has 3 nitrogen and oxygen atoms in total. The Morgan fingerprint density at radius 3 is 2.64 bits per heavy atom. The van der Waals surface area contributed by atoms with Crippen LogP contribution in [0.3, 0.4) is 0 Å². The van der Waals surface area contributed by atoms with E-state index in [9.17, 15) is 0 Å². The normalized spacial score (nSPS) is 21.1. The van der Waals surface area contributed by atoms with E-state index in [-0.39, 0.29) is 0 Å². The zero-order valence-electron chi connectivity index (χ0n) is 12.9. The predicted molar refractivity (Wildman–Crippen MR) is 86.6 cm³/mol. The first kappa shape index (κ1) is 15.2. The van der Waals surface area contributed by atoms with Crippen LogP contribution in [-0.4, -0.2) is 23.8 Å². The number of ether oxygens (including phenoxy) is 2. The van der Waals surface area contributed by atoms with Gasteiger partial charge in [0.2, 0.25) is 0 Å². The monoisotopic (exact) mass is 297 g/mol. The van der Waals surface area contributed by atoms with E-state index in [0.29, 0.717) is 18.8 Å². The molecule has 3 heteroatoms. The average Bonchev–Trinajstić information content (AvgIpc) is 3.01. The standard InChI is InChI=1S/C19H23NO2/c1-2-5-16(6-3-1)15-21-12-10-18-8-9-19(22-18)13-17-7-4-11-20-14-17/h1-7,11,14,18-19H,8-10,12-13,15H2/t18-,19-/m1/s1. The van der Waals surface area contributed by atoms with Crippen LogP contribution < -0.4 is 0 Å². The number of pyridine rings is 1. The second-order valence-electron chi connectivity index (χ2n) is 5.85. The SMILES string of the molecule is c1ccc(COCC[C@H]2CC[C@H](Cc3cccnc3)O2)cc1. The topological polar surface area (TPSA) is 31.4 Å². The molecule has 3 rings (SSSR count). The van der Waals surface area contributed by atoms with E-state index in [1.807, 2.05) is 36.7 Å². The third-order valence-corrected chi connectivity index (χ3v) is 4.08. The van der Waals surface area contributed by atoms with Gasteiger partial charge in [-0.05, 0) is 36.5 Å². The van der Waals surface area contributed by atoms with Gasteiger partial charge in [-0.15, -0.1) is 0 Å². The van der Waals surface area contributed by atoms with Crippen molar-refractivity contribution < 1.29 is 9.47 Å². The van der Waals surface area contributed by atoms with Gasteiger partial charge in [0.05, 0.1) is 18.8 Å². The molecule has 1 aliphatic heterocycles. The molecule has 0 saturated carbocycles. The molecule has 0 bridgehead atoms. The van der Waals surface area contributed by atoms with Gasteiger partial charge in [-0.1, -0.05) is 36.4 Å². The number of hydrogen-bond donors (Lipinski definition) is 0. The van der Waals surface area contributed by atoms with Crippen LogP contribution in [0.4, 0.5) is 0 Å². The highest BCUT2D eigenvalue weighted by Gasteiger charge is 2.25. The summed E-state index contributed by atoms with van der Waals surface area (Å²) in [5.41, 5.74) is 2.48. The maximum atomic E-state index is 6.11. The molecule has 0 spiro atoms. The van der Waals surface area contributed by atoms with E-state index >= 15 is 0 Å². The Labute approximate surface area is 132 Å². The minimum atomic E-state index is 0.336. The van der Waals surface area contributed by atoms with Crippen LogP contribution in [0.1, 0.15) is 30.4 Å². The Balaban J connectivity index is 1.33. The van der Waals surface area contributed by atoms with Crippen molar-refractivity contribution in [1.29, 1.82) is 0 Å². The van der Waals surface area contributed by atoms with Crippen molar-refractivity contribution in [1.82, 2.24) is 4.98 Å². The fourth-order valence-corrected chi connectivity index (χ4v) is 2.90. The summed E-state index contributed by atoms with van der Waals surface area (Å²) in [5.74, 6) is 0. The molecule has 2 heterocycles. The molecule has 0 N–H and O–H groups in total. The van der Waals surface area contributed by atoms with Crippen molar-refractivity contribution >= 4 is 0 Å². The van der Waals surface area contributed by atoms with Crippen molar-refractivity contribution in [2.45, 2.75) is 44.5 Å². The summed E-state index contributed by atoms with van der Waals surface area (Å²) >= 11 is 0. The molecular formula is C19H23NO2. The van der Waals surface area contributed by atoms with E-state index < -0.39 is 0 Å². The minimum Gasteiger partial charge on any atom is -0.377 e. The second-order valence-corrected chi connectivity index (χ2v) is 5.85. The highest BCUT2D eigenvalue weighted by molar-refractivity contribution is 5.13. The van der Waals surface area contributed by atoms with E-state index in [0.717, 1.165) is 32.3 Å². The lowest BCUT2D eigenvalue weighted by Gasteiger charge is -2.14. The van der Waals surface area contributed by atoms with Gasteiger partial charge in [0, 0.05) is 25.4 Å². The summed E-state index contributed by atoms with van der Waals surface area (Å²) in [6.07, 6.45) is 8.65. The van der Waals surface area contributed by atoms with Gasteiger partial charge >= 0.3 is 0 Å². The molecule has 1 aromatic carbocycles. The van der Waals surface area contributed by atoms with Crippen LogP contribution in [0, 0.1) is 0 Å². The van der Waals surface area contributed by atoms with Crippen molar-refractivity contribution in [3.05, 3.63) is 66.0 Å². The Kier molecular flexibility index (Phi) is 5.57. The van der Waals surface area contributed by atoms with Crippen LogP contribution in [0.25, 0.3) is 0 Å². The summed E-state index contributed by atoms with van der Waals surface area (Å²) in [6.45, 7) is 1.45. The quantitative estimate of drug-likeness (QED) is 0.729. The molecule has 0 radical (unpaired) electrons. The fourth-order valence-electron chi connectivity index (χ4n) is 2.90. The fraction of sp³-hybridized carbons (Fsp3) is 0.421. The number of rotatable bonds is 7. The first-order valence-corrected chi connectivity index (χ1v) is 8.06. The summed E-state index contributed by atoms with van der Waals surface area (Å²) in [5, 5.41) is 0. The zero-order valence-corrected chi connectivity index (χ0v) is 12.9. The Bertz CT molecular complexity index is 544. The molecular weight excluding hydrogens is 274 g/mol. The predicted octanol–water partition coefficient (Wildman–Crippen LogP) is 3.78. The molecule has 2 aromatic rings. The lowest BCUT2D eigenvalue weighted by Crippen LogP contribution is -2.15. The average molecular weight is 297 g/mol. The highest BCUT2D eigenvalue weighted by atomic mass is 16.5. The minimum absolute atomic E-state index is 0.336. The van der Waals surface area contributed by atoms with Gasteiger partial charge in [-0.3, -0.25) is 4.98 Å². The lowest BCUT2D eigenvalue weighted by atomic mass is 10.1. The van der Waals surface area contributed by atoms with Gasteiger partial charge in [-0.2, -0.15) is 0 Å². The van der Waals surface area contributed by atoms with E-state index in [1.165, 1.54) is 11.1 Å². The van der Waals surface area contributed by atoms with Crippen LogP contribution in [0.15, 0.2) is 54.9 Å². The molecule has 0 amide bonds. The number of benzene rings is 1. The van der Waals surface area contributed by atoms with Crippen LogP contribution >= 0.6 is 0 Å². The molecule has 22 heavy (non-hydrogen) atoms. The molecule has 0 unspecified atom stereocenters. The molecule has 1 aromatic heterocycles. The van der Waals surface area contributed by atoms with Crippen LogP contribution in [0.5, 0.6) is 0 Å². The van der Waals surface area contributed by atoms with Crippen molar-refractivity contribution in [3.8, 4) is 0 Å². The van der Waals surface area contributed by atoms with Gasteiger partial charge in [0.1, 0.15) is 0 Å². The maximum absolute atomic E-state index is 6.11. The molecule has 1 aliphatic rings. The van der Waals surface area contributed by atoms with Gasteiger partial charge in [0.15, 0.2) is 0 Å². The maximum Gasteiger partial charge on any atom is 0.0716 e. The Hall–Kier alpha value is -1.71. The van der Waals surface area contributed by atoms with E-state index in [4.69, 9.17) is 9.47 Å². The summed E-state index contributed by atoms with van der Waals surface area (Å²) in [7, 11) is 0. The van der Waals surface area contributed by atoms with Crippen LogP contribution in [0.2, 0.25) is 0 Å². The van der Waals surface area contributed by atoms with Gasteiger partial charge in [-0.25, -0.2) is 0 Å². The van der Waals surface area contributed by atoms with Crippen molar-refractivity contribution in [3.63, 3.8) is 0 Å². The lowest BCUT2D eigenvalue weighted by molar-refractivity contribution is 0.0167. The summed E-state index contributed by atoms with van der Waals surface area (Å²) < 4.78 is 11.9. The molecule has 1 saturated heterocycles. The van der Waals surface area contributed by atoms with Gasteiger partial charge < -0.3 is 9.47 Å². The van der Waals surface area contributed by atoms with E-state index in [2.05, 4.69) is 23.2 Å². The van der Waals surface area contributed by atoms with Gasteiger partial charge in [0.25, 0.3) is 0 Å². The number of nitrogens with zero attached hydrogens (tertiary/aromatic N) is 1. The zero-order chi connectivity index (χ0) is 15.0. The van der Waals surface area contributed by atoms with E-state index in [1.54, 1.807) is 0 Å². The molecule has 1 fully saturated rings. The van der Waals surface area contributed by atoms with Crippen LogP contribution in [-0.2, 0) is 22.5 Å².